The van der Waals surface area contributed by atoms with Crippen molar-refractivity contribution in [2.24, 2.45) is 0 Å². The first-order chi connectivity index (χ1) is 7.76. The smallest absolute Gasteiger partial charge is 0.422 e. The van der Waals surface area contributed by atoms with E-state index in [4.69, 9.17) is 0 Å². The van der Waals surface area contributed by atoms with Gasteiger partial charge in [-0.05, 0) is 20.3 Å². The highest BCUT2D eigenvalue weighted by Crippen LogP contribution is 1.95. The second-order valence-corrected chi connectivity index (χ2v) is 5.35. The maximum Gasteiger partial charge on any atom is 0.422 e. The van der Waals surface area contributed by atoms with E-state index in [0.717, 1.165) is 6.42 Å². The summed E-state index contributed by atoms with van der Waals surface area (Å²) in [5.41, 5.74) is 0. The van der Waals surface area contributed by atoms with Crippen molar-refractivity contribution in [1.82, 2.24) is 9.44 Å². The Hall–Kier alpha value is -0.860. The fourth-order valence-corrected chi connectivity index (χ4v) is 1.78. The van der Waals surface area contributed by atoms with Crippen LogP contribution < -0.4 is 9.44 Å². The third kappa shape index (κ3) is 8.90. The molecule has 0 fully saturated rings. The van der Waals surface area contributed by atoms with Crippen LogP contribution in [0.15, 0.2) is 0 Å². The van der Waals surface area contributed by atoms with E-state index in [2.05, 4.69) is 9.46 Å². The molecule has 0 spiro atoms. The summed E-state index contributed by atoms with van der Waals surface area (Å²) in [5.74, 6) is 0. The maximum absolute atomic E-state index is 11.3. The fraction of sp³-hybridized carbons (Fsp3) is 0.889. The van der Waals surface area contributed by atoms with Gasteiger partial charge in [-0.3, -0.25) is 0 Å². The normalized spacial score (nSPS) is 13.5. The van der Waals surface area contributed by atoms with Gasteiger partial charge < -0.3 is 9.84 Å². The fourth-order valence-electron chi connectivity index (χ4n) is 1.03. The van der Waals surface area contributed by atoms with Crippen molar-refractivity contribution in [3.63, 3.8) is 0 Å². The van der Waals surface area contributed by atoms with E-state index in [-0.39, 0.29) is 6.54 Å². The van der Waals surface area contributed by atoms with Crippen LogP contribution in [0, 0.1) is 0 Å². The molecular formula is C9H20N2O5S. The van der Waals surface area contributed by atoms with E-state index in [1.165, 1.54) is 0 Å². The molecular weight excluding hydrogens is 248 g/mol. The van der Waals surface area contributed by atoms with E-state index in [1.54, 1.807) is 18.6 Å². The Morgan fingerprint density at radius 1 is 1.41 bits per heavy atom. The Balaban J connectivity index is 4.08. The number of carbonyl (C=O) groups excluding carboxylic acids is 1. The average molecular weight is 268 g/mol. The van der Waals surface area contributed by atoms with Gasteiger partial charge in [-0.2, -0.15) is 13.1 Å². The molecule has 0 aliphatic heterocycles. The lowest BCUT2D eigenvalue weighted by Gasteiger charge is -2.13. The van der Waals surface area contributed by atoms with Crippen LogP contribution in [-0.4, -0.2) is 38.4 Å². The molecule has 0 aliphatic rings. The standard InChI is InChI=1S/C9H20N2O5S/c1-4-5-8(12)6-10-17(14,15)11-9(13)16-7(2)3/h7-8,10,12H,4-6H2,1-3H3,(H,11,13). The Morgan fingerprint density at radius 2 is 2.00 bits per heavy atom. The summed E-state index contributed by atoms with van der Waals surface area (Å²) in [6, 6.07) is 0. The van der Waals surface area contributed by atoms with Gasteiger partial charge in [-0.1, -0.05) is 13.3 Å². The van der Waals surface area contributed by atoms with E-state index in [0.29, 0.717) is 6.42 Å². The number of aliphatic hydroxyl groups is 1. The molecule has 1 amide bonds. The molecule has 3 N–H and O–H groups in total. The number of aliphatic hydroxyl groups excluding tert-OH is 1. The molecule has 8 heteroatoms. The second kappa shape index (κ2) is 7.46. The second-order valence-electron chi connectivity index (χ2n) is 3.85. The highest BCUT2D eigenvalue weighted by Gasteiger charge is 2.17. The minimum absolute atomic E-state index is 0.141. The molecule has 102 valence electrons. The molecule has 0 heterocycles. The van der Waals surface area contributed by atoms with E-state index in [9.17, 15) is 18.3 Å². The quantitative estimate of drug-likeness (QED) is 0.608. The van der Waals surface area contributed by atoms with Crippen LogP contribution >= 0.6 is 0 Å². The predicted molar refractivity (Wildman–Crippen MR) is 62.6 cm³/mol. The van der Waals surface area contributed by atoms with Crippen molar-refractivity contribution < 1.29 is 23.1 Å². The molecule has 0 aromatic rings. The summed E-state index contributed by atoms with van der Waals surface area (Å²) < 4.78 is 30.9. The third-order valence-corrected chi connectivity index (χ3v) is 2.67. The molecule has 0 saturated carbocycles. The van der Waals surface area contributed by atoms with Gasteiger partial charge in [0.2, 0.25) is 0 Å². The van der Waals surface area contributed by atoms with Gasteiger partial charge in [-0.25, -0.2) is 9.52 Å². The van der Waals surface area contributed by atoms with Crippen LogP contribution in [0.3, 0.4) is 0 Å². The summed E-state index contributed by atoms with van der Waals surface area (Å²) in [6.07, 6.45) is -0.990. The first kappa shape index (κ1) is 16.1. The predicted octanol–water partition coefficient (Wildman–Crippen LogP) is 0.116. The molecule has 0 aliphatic carbocycles. The monoisotopic (exact) mass is 268 g/mol. The minimum Gasteiger partial charge on any atom is -0.446 e. The zero-order valence-corrected chi connectivity index (χ0v) is 11.1. The Bertz CT molecular complexity index is 328. The zero-order chi connectivity index (χ0) is 13.5. The maximum atomic E-state index is 11.3. The van der Waals surface area contributed by atoms with E-state index in [1.807, 2.05) is 6.92 Å². The SMILES string of the molecule is CCCC(O)CNS(=O)(=O)NC(=O)OC(C)C. The van der Waals surface area contributed by atoms with Crippen LogP contribution in [0.25, 0.3) is 0 Å². The zero-order valence-electron chi connectivity index (χ0n) is 10.3. The Kier molecular flexibility index (Phi) is 7.09. The average Bonchev–Trinajstić information content (AvgIpc) is 2.13. The molecule has 0 bridgehead atoms. The first-order valence-corrected chi connectivity index (χ1v) is 6.91. The number of carbonyl (C=O) groups is 1. The Morgan fingerprint density at radius 3 is 2.47 bits per heavy atom. The van der Waals surface area contributed by atoms with Crippen molar-refractivity contribution >= 4 is 16.3 Å². The molecule has 0 aromatic heterocycles. The van der Waals surface area contributed by atoms with Gasteiger partial charge in [0.05, 0.1) is 12.2 Å². The summed E-state index contributed by atoms with van der Waals surface area (Å²) in [7, 11) is -3.97. The van der Waals surface area contributed by atoms with Crippen LogP contribution in [-0.2, 0) is 14.9 Å². The molecule has 0 aromatic carbocycles. The number of hydrogen-bond acceptors (Lipinski definition) is 5. The van der Waals surface area contributed by atoms with Crippen LogP contribution in [0.1, 0.15) is 33.6 Å². The summed E-state index contributed by atoms with van der Waals surface area (Å²) in [4.78, 5) is 11.0. The molecule has 1 unspecified atom stereocenters. The number of amides is 1. The topological polar surface area (TPSA) is 105 Å². The van der Waals surface area contributed by atoms with Gasteiger partial charge in [0.1, 0.15) is 0 Å². The van der Waals surface area contributed by atoms with E-state index < -0.39 is 28.5 Å². The van der Waals surface area contributed by atoms with Gasteiger partial charge >= 0.3 is 16.3 Å². The lowest BCUT2D eigenvalue weighted by atomic mass is 10.2. The number of nitrogens with one attached hydrogen (secondary N) is 2. The minimum atomic E-state index is -3.97. The van der Waals surface area contributed by atoms with Crippen molar-refractivity contribution in [3.05, 3.63) is 0 Å². The highest BCUT2D eigenvalue weighted by molar-refractivity contribution is 7.88. The van der Waals surface area contributed by atoms with Crippen LogP contribution in [0.5, 0.6) is 0 Å². The molecule has 1 atom stereocenters. The van der Waals surface area contributed by atoms with Crippen molar-refractivity contribution in [2.75, 3.05) is 6.54 Å². The van der Waals surface area contributed by atoms with Crippen LogP contribution in [0.2, 0.25) is 0 Å². The summed E-state index contributed by atoms with van der Waals surface area (Å²) >= 11 is 0. The van der Waals surface area contributed by atoms with Gasteiger partial charge in [0.15, 0.2) is 0 Å². The number of rotatable bonds is 7. The highest BCUT2D eigenvalue weighted by atomic mass is 32.2. The van der Waals surface area contributed by atoms with E-state index >= 15 is 0 Å². The van der Waals surface area contributed by atoms with Crippen molar-refractivity contribution in [2.45, 2.75) is 45.8 Å². The van der Waals surface area contributed by atoms with Gasteiger partial charge in [0, 0.05) is 6.54 Å². The molecule has 0 saturated heterocycles. The largest absolute Gasteiger partial charge is 0.446 e. The third-order valence-electron chi connectivity index (χ3n) is 1.69. The summed E-state index contributed by atoms with van der Waals surface area (Å²) in [6.45, 7) is 4.93. The molecule has 0 radical (unpaired) electrons. The molecule has 0 rings (SSSR count). The molecule has 7 nitrogen and oxygen atoms in total. The Labute approximate surface area is 102 Å². The number of ether oxygens (including phenoxy) is 1. The first-order valence-electron chi connectivity index (χ1n) is 5.43. The number of hydrogen-bond donors (Lipinski definition) is 3. The van der Waals surface area contributed by atoms with Gasteiger partial charge in [0.25, 0.3) is 0 Å². The summed E-state index contributed by atoms with van der Waals surface area (Å²) in [5, 5.41) is 9.32. The van der Waals surface area contributed by atoms with Crippen molar-refractivity contribution in [3.8, 4) is 0 Å². The lowest BCUT2D eigenvalue weighted by Crippen LogP contribution is -2.43. The van der Waals surface area contributed by atoms with Gasteiger partial charge in [-0.15, -0.1) is 0 Å². The molecule has 17 heavy (non-hydrogen) atoms. The van der Waals surface area contributed by atoms with Crippen LogP contribution in [0.4, 0.5) is 4.79 Å². The van der Waals surface area contributed by atoms with Crippen molar-refractivity contribution in [1.29, 1.82) is 0 Å². The lowest BCUT2D eigenvalue weighted by molar-refractivity contribution is 0.121.